The van der Waals surface area contributed by atoms with Gasteiger partial charge in [0.15, 0.2) is 6.20 Å². The first-order chi connectivity index (χ1) is 15.1. The van der Waals surface area contributed by atoms with E-state index in [0.29, 0.717) is 11.4 Å². The predicted molar refractivity (Wildman–Crippen MR) is 125 cm³/mol. The summed E-state index contributed by atoms with van der Waals surface area (Å²) in [7, 11) is 0. The van der Waals surface area contributed by atoms with Crippen molar-refractivity contribution in [2.45, 2.75) is 6.92 Å². The lowest BCUT2D eigenvalue weighted by atomic mass is 10.0. The van der Waals surface area contributed by atoms with Crippen LogP contribution in [0.1, 0.15) is 11.1 Å². The van der Waals surface area contributed by atoms with Crippen LogP contribution in [0.3, 0.4) is 0 Å². The van der Waals surface area contributed by atoms with E-state index in [9.17, 15) is 10.0 Å². The fraction of sp³-hybridized carbons (Fsp3) is 0.0370. The highest BCUT2D eigenvalue weighted by Crippen LogP contribution is 2.22. The summed E-state index contributed by atoms with van der Waals surface area (Å²) in [6.45, 7) is 2.07. The lowest BCUT2D eigenvalue weighted by molar-refractivity contribution is -0.593. The highest BCUT2D eigenvalue weighted by molar-refractivity contribution is 6.02. The highest BCUT2D eigenvalue weighted by atomic mass is 16.5. The van der Waals surface area contributed by atoms with Gasteiger partial charge in [0.1, 0.15) is 0 Å². The van der Waals surface area contributed by atoms with Gasteiger partial charge in [0, 0.05) is 29.5 Å². The summed E-state index contributed by atoms with van der Waals surface area (Å²) in [5.74, 6) is -0.216. The Morgan fingerprint density at radius 3 is 2.32 bits per heavy atom. The van der Waals surface area contributed by atoms with Gasteiger partial charge < -0.3 is 10.5 Å². The maximum atomic E-state index is 12.3. The Hall–Kier alpha value is -4.18. The predicted octanol–water partition coefficient (Wildman–Crippen LogP) is 5.61. The van der Waals surface area contributed by atoms with Crippen LogP contribution in [-0.4, -0.2) is 5.91 Å². The number of anilines is 1. The lowest BCUT2D eigenvalue weighted by Crippen LogP contribution is -2.27. The molecule has 4 heteroatoms. The number of rotatable bonds is 5. The SMILES string of the molecule is Cc1ccc(-c2cccc(C=CC(=O)Nc3ccc(-c4cccc[n+]4[O-])cc3)c2)cc1. The van der Waals surface area contributed by atoms with E-state index in [1.807, 2.05) is 30.3 Å². The third-order valence-corrected chi connectivity index (χ3v) is 4.97. The normalized spacial score (nSPS) is 10.9. The topological polar surface area (TPSA) is 56.0 Å². The molecule has 4 rings (SSSR count). The highest BCUT2D eigenvalue weighted by Gasteiger charge is 2.07. The van der Waals surface area contributed by atoms with Gasteiger partial charge in [-0.05, 0) is 66.1 Å². The molecule has 1 amide bonds. The summed E-state index contributed by atoms with van der Waals surface area (Å²) in [5.41, 5.74) is 6.44. The molecule has 0 bridgehead atoms. The molecule has 152 valence electrons. The standard InChI is InChI=1S/C27H22N2O2/c1-20-8-11-22(12-9-20)24-6-4-5-21(19-24)10-17-27(30)28-25-15-13-23(14-16-25)26-7-2-3-18-29(26)31/h2-19H,1H3,(H,28,30). The van der Waals surface area contributed by atoms with Crippen LogP contribution < -0.4 is 10.0 Å². The zero-order valence-corrected chi connectivity index (χ0v) is 17.2. The molecule has 31 heavy (non-hydrogen) atoms. The summed E-state index contributed by atoms with van der Waals surface area (Å²) >= 11 is 0. The van der Waals surface area contributed by atoms with Gasteiger partial charge in [-0.25, -0.2) is 0 Å². The Morgan fingerprint density at radius 2 is 1.58 bits per heavy atom. The van der Waals surface area contributed by atoms with Crippen molar-refractivity contribution in [3.05, 3.63) is 120 Å². The van der Waals surface area contributed by atoms with Crippen molar-refractivity contribution in [2.75, 3.05) is 5.32 Å². The van der Waals surface area contributed by atoms with Crippen LogP contribution in [-0.2, 0) is 4.79 Å². The van der Waals surface area contributed by atoms with E-state index in [0.717, 1.165) is 27.0 Å². The Labute approximate surface area is 181 Å². The van der Waals surface area contributed by atoms with Crippen molar-refractivity contribution in [3.8, 4) is 22.4 Å². The van der Waals surface area contributed by atoms with Crippen LogP contribution >= 0.6 is 0 Å². The first-order valence-corrected chi connectivity index (χ1v) is 10.0. The molecule has 4 nitrogen and oxygen atoms in total. The van der Waals surface area contributed by atoms with Gasteiger partial charge in [0.25, 0.3) is 0 Å². The van der Waals surface area contributed by atoms with Crippen molar-refractivity contribution < 1.29 is 9.52 Å². The minimum atomic E-state index is -0.216. The molecule has 1 heterocycles. The zero-order valence-electron chi connectivity index (χ0n) is 17.2. The van der Waals surface area contributed by atoms with Gasteiger partial charge in [-0.3, -0.25) is 4.79 Å². The molecule has 1 aromatic heterocycles. The number of aryl methyl sites for hydroxylation is 1. The molecule has 4 aromatic rings. The van der Waals surface area contributed by atoms with E-state index in [-0.39, 0.29) is 5.91 Å². The Morgan fingerprint density at radius 1 is 0.839 bits per heavy atom. The molecule has 0 atom stereocenters. The summed E-state index contributed by atoms with van der Waals surface area (Å²) in [5, 5.41) is 14.7. The minimum absolute atomic E-state index is 0.216. The summed E-state index contributed by atoms with van der Waals surface area (Å²) in [6.07, 6.45) is 4.78. The van der Waals surface area contributed by atoms with Crippen molar-refractivity contribution in [1.29, 1.82) is 0 Å². The third kappa shape index (κ3) is 5.06. The molecule has 0 fully saturated rings. The Kier molecular flexibility index (Phi) is 5.90. The quantitative estimate of drug-likeness (QED) is 0.266. The number of carbonyl (C=O) groups excluding carboxylic acids is 1. The minimum Gasteiger partial charge on any atom is -0.618 e. The van der Waals surface area contributed by atoms with Gasteiger partial charge in [-0.2, -0.15) is 4.73 Å². The summed E-state index contributed by atoms with van der Waals surface area (Å²) in [6, 6.07) is 28.9. The van der Waals surface area contributed by atoms with Gasteiger partial charge in [0.05, 0.1) is 0 Å². The molecule has 0 spiro atoms. The van der Waals surface area contributed by atoms with Crippen LogP contribution in [0.5, 0.6) is 0 Å². The maximum Gasteiger partial charge on any atom is 0.248 e. The van der Waals surface area contributed by atoms with Crippen molar-refractivity contribution in [2.24, 2.45) is 0 Å². The van der Waals surface area contributed by atoms with Crippen molar-refractivity contribution in [3.63, 3.8) is 0 Å². The van der Waals surface area contributed by atoms with E-state index in [1.165, 1.54) is 17.8 Å². The first kappa shape index (κ1) is 20.1. The lowest BCUT2D eigenvalue weighted by Gasteiger charge is -2.06. The molecule has 0 saturated heterocycles. The largest absolute Gasteiger partial charge is 0.618 e. The zero-order chi connectivity index (χ0) is 21.6. The number of aromatic nitrogens is 1. The van der Waals surface area contributed by atoms with Gasteiger partial charge in [-0.1, -0.05) is 48.0 Å². The number of nitrogens with zero attached hydrogens (tertiary/aromatic N) is 1. The van der Waals surface area contributed by atoms with Crippen LogP contribution in [0.25, 0.3) is 28.5 Å². The molecule has 3 aromatic carbocycles. The number of benzene rings is 3. The second kappa shape index (κ2) is 9.09. The summed E-state index contributed by atoms with van der Waals surface area (Å²) < 4.78 is 0.820. The molecule has 0 aliphatic rings. The second-order valence-electron chi connectivity index (χ2n) is 7.30. The van der Waals surface area contributed by atoms with Crippen LogP contribution in [0.4, 0.5) is 5.69 Å². The first-order valence-electron chi connectivity index (χ1n) is 10.0. The van der Waals surface area contributed by atoms with E-state index >= 15 is 0 Å². The van der Waals surface area contributed by atoms with E-state index in [1.54, 1.807) is 30.3 Å². The van der Waals surface area contributed by atoms with Crippen LogP contribution in [0.15, 0.2) is 103 Å². The number of amides is 1. The number of hydrogen-bond donors (Lipinski definition) is 1. The molecule has 0 radical (unpaired) electrons. The monoisotopic (exact) mass is 406 g/mol. The average molecular weight is 406 g/mol. The van der Waals surface area contributed by atoms with E-state index < -0.39 is 0 Å². The Balaban J connectivity index is 1.42. The van der Waals surface area contributed by atoms with E-state index in [4.69, 9.17) is 0 Å². The molecule has 0 saturated carbocycles. The number of hydrogen-bond acceptors (Lipinski definition) is 2. The van der Waals surface area contributed by atoms with Crippen LogP contribution in [0.2, 0.25) is 0 Å². The molecular weight excluding hydrogens is 384 g/mol. The molecule has 0 aliphatic carbocycles. The molecule has 0 unspecified atom stereocenters. The van der Waals surface area contributed by atoms with E-state index in [2.05, 4.69) is 48.6 Å². The molecule has 1 N–H and O–H groups in total. The fourth-order valence-corrected chi connectivity index (χ4v) is 3.30. The fourth-order valence-electron chi connectivity index (χ4n) is 3.30. The van der Waals surface area contributed by atoms with Crippen molar-refractivity contribution >= 4 is 17.7 Å². The van der Waals surface area contributed by atoms with Gasteiger partial charge in [-0.15, -0.1) is 0 Å². The average Bonchev–Trinajstić information content (AvgIpc) is 2.79. The second-order valence-corrected chi connectivity index (χ2v) is 7.30. The Bertz CT molecular complexity index is 1230. The van der Waals surface area contributed by atoms with Crippen molar-refractivity contribution in [1.82, 2.24) is 0 Å². The number of nitrogens with one attached hydrogen (secondary N) is 1. The molecular formula is C27H22N2O2. The maximum absolute atomic E-state index is 12.3. The number of carbonyl (C=O) groups is 1. The summed E-state index contributed by atoms with van der Waals surface area (Å²) in [4.78, 5) is 12.3. The molecule has 0 aliphatic heterocycles. The number of pyridine rings is 1. The van der Waals surface area contributed by atoms with Gasteiger partial charge in [0.2, 0.25) is 11.6 Å². The smallest absolute Gasteiger partial charge is 0.248 e. The third-order valence-electron chi connectivity index (χ3n) is 4.97. The van der Waals surface area contributed by atoms with Crippen LogP contribution in [0, 0.1) is 12.1 Å². The van der Waals surface area contributed by atoms with Gasteiger partial charge >= 0.3 is 0 Å².